The van der Waals surface area contributed by atoms with Crippen LogP contribution < -0.4 is 5.14 Å². The third-order valence-corrected chi connectivity index (χ3v) is 3.33. The number of phenols is 1. The number of nitrogens with two attached hydrogens (primary N) is 1. The van der Waals surface area contributed by atoms with Gasteiger partial charge < -0.3 is 5.11 Å². The lowest BCUT2D eigenvalue weighted by Crippen LogP contribution is -2.17. The monoisotopic (exact) mass is 257 g/mol. The quantitative estimate of drug-likeness (QED) is 0.776. The number of hydrogen-bond acceptors (Lipinski definition) is 4. The molecule has 0 heterocycles. The Morgan fingerprint density at radius 3 is 2.18 bits per heavy atom. The van der Waals surface area contributed by atoms with Crippen LogP contribution >= 0.6 is 0 Å². The van der Waals surface area contributed by atoms with Gasteiger partial charge in [-0.15, -0.1) is 0 Å². The van der Waals surface area contributed by atoms with E-state index in [1.807, 2.05) is 20.8 Å². The molecule has 0 spiro atoms. The van der Waals surface area contributed by atoms with E-state index in [0.29, 0.717) is 11.8 Å². The van der Waals surface area contributed by atoms with Crippen LogP contribution in [0.1, 0.15) is 36.7 Å². The van der Waals surface area contributed by atoms with Gasteiger partial charge in [-0.3, -0.25) is 4.79 Å². The van der Waals surface area contributed by atoms with E-state index in [-0.39, 0.29) is 11.0 Å². The Morgan fingerprint density at radius 1 is 1.29 bits per heavy atom. The van der Waals surface area contributed by atoms with Gasteiger partial charge in [-0.25, -0.2) is 13.6 Å². The van der Waals surface area contributed by atoms with Gasteiger partial charge in [0.2, 0.25) is 10.0 Å². The van der Waals surface area contributed by atoms with Gasteiger partial charge in [0.1, 0.15) is 10.6 Å². The topological polar surface area (TPSA) is 97.5 Å². The van der Waals surface area contributed by atoms with Crippen molar-refractivity contribution in [1.29, 1.82) is 0 Å². The lowest BCUT2D eigenvalue weighted by atomic mass is 9.86. The number of benzene rings is 1. The zero-order chi connectivity index (χ0) is 13.4. The molecular weight excluding hydrogens is 242 g/mol. The minimum Gasteiger partial charge on any atom is -0.506 e. The molecule has 0 bridgehead atoms. The highest BCUT2D eigenvalue weighted by Gasteiger charge is 2.23. The predicted molar refractivity (Wildman–Crippen MR) is 63.6 cm³/mol. The molecule has 0 amide bonds. The van der Waals surface area contributed by atoms with E-state index in [1.54, 1.807) is 0 Å². The Balaban J connectivity index is 3.68. The lowest BCUT2D eigenvalue weighted by molar-refractivity contribution is 0.112. The zero-order valence-electron chi connectivity index (χ0n) is 9.89. The number of aromatic hydroxyl groups is 1. The van der Waals surface area contributed by atoms with Gasteiger partial charge in [0.05, 0.1) is 5.56 Å². The molecule has 1 aromatic carbocycles. The summed E-state index contributed by atoms with van der Waals surface area (Å²) in [5.41, 5.74) is 0.174. The molecule has 0 aliphatic rings. The summed E-state index contributed by atoms with van der Waals surface area (Å²) in [5.74, 6) is -0.601. The van der Waals surface area contributed by atoms with E-state index in [0.717, 1.165) is 0 Å². The van der Waals surface area contributed by atoms with Crippen LogP contribution in [0, 0.1) is 0 Å². The number of sulfonamides is 1. The van der Waals surface area contributed by atoms with Gasteiger partial charge in [0, 0.05) is 0 Å². The van der Waals surface area contributed by atoms with Crippen molar-refractivity contribution in [3.8, 4) is 5.75 Å². The second-order valence-electron chi connectivity index (χ2n) is 4.83. The first kappa shape index (κ1) is 13.7. The largest absolute Gasteiger partial charge is 0.506 e. The van der Waals surface area contributed by atoms with Crippen LogP contribution in [0.3, 0.4) is 0 Å². The average Bonchev–Trinajstić information content (AvgIpc) is 2.14. The molecule has 0 fully saturated rings. The summed E-state index contributed by atoms with van der Waals surface area (Å²) in [4.78, 5) is 10.4. The maximum absolute atomic E-state index is 11.3. The lowest BCUT2D eigenvalue weighted by Gasteiger charge is -2.20. The highest BCUT2D eigenvalue weighted by Crippen LogP contribution is 2.32. The summed E-state index contributed by atoms with van der Waals surface area (Å²) < 4.78 is 22.6. The van der Waals surface area contributed by atoms with E-state index in [9.17, 15) is 18.3 Å². The Labute approximate surface area is 100 Å². The third-order valence-electron chi connectivity index (χ3n) is 2.40. The maximum Gasteiger partial charge on any atom is 0.241 e. The molecule has 0 aliphatic heterocycles. The highest BCUT2D eigenvalue weighted by atomic mass is 32.2. The molecule has 1 rings (SSSR count). The van der Waals surface area contributed by atoms with Crippen molar-refractivity contribution in [2.75, 3.05) is 0 Å². The van der Waals surface area contributed by atoms with E-state index >= 15 is 0 Å². The molecule has 0 radical (unpaired) electrons. The van der Waals surface area contributed by atoms with E-state index in [2.05, 4.69) is 0 Å². The highest BCUT2D eigenvalue weighted by molar-refractivity contribution is 7.89. The fourth-order valence-corrected chi connectivity index (χ4v) is 2.05. The van der Waals surface area contributed by atoms with Crippen molar-refractivity contribution >= 4 is 16.3 Å². The first-order chi connectivity index (χ1) is 7.57. The smallest absolute Gasteiger partial charge is 0.241 e. The van der Waals surface area contributed by atoms with Gasteiger partial charge in [0.25, 0.3) is 0 Å². The van der Waals surface area contributed by atoms with Crippen LogP contribution in [0.15, 0.2) is 17.0 Å². The minimum atomic E-state index is -4.06. The number of phenolic OH excluding ortho intramolecular Hbond substituents is 1. The molecule has 5 nitrogen and oxygen atoms in total. The average molecular weight is 257 g/mol. The minimum absolute atomic E-state index is 0.0820. The Bertz CT molecular complexity index is 556. The van der Waals surface area contributed by atoms with Gasteiger partial charge >= 0.3 is 0 Å². The first-order valence-corrected chi connectivity index (χ1v) is 6.47. The molecule has 0 unspecified atom stereocenters. The summed E-state index contributed by atoms with van der Waals surface area (Å²) in [6.45, 7) is 5.59. The molecule has 94 valence electrons. The summed E-state index contributed by atoms with van der Waals surface area (Å²) in [6, 6.07) is 2.74. The molecule has 0 atom stereocenters. The molecular formula is C11H15NO4S. The fraction of sp³-hybridized carbons (Fsp3) is 0.364. The van der Waals surface area contributed by atoms with Crippen LogP contribution in [-0.4, -0.2) is 19.8 Å². The number of carbonyl (C=O) groups is 1. The van der Waals surface area contributed by atoms with Gasteiger partial charge in [0.15, 0.2) is 6.29 Å². The van der Waals surface area contributed by atoms with Crippen molar-refractivity contribution < 1.29 is 18.3 Å². The Kier molecular flexibility index (Phi) is 3.31. The van der Waals surface area contributed by atoms with Crippen molar-refractivity contribution in [3.63, 3.8) is 0 Å². The molecule has 1 aromatic rings. The van der Waals surface area contributed by atoms with Crippen LogP contribution in [0.5, 0.6) is 5.75 Å². The summed E-state index contributed by atoms with van der Waals surface area (Å²) in [7, 11) is -4.06. The van der Waals surface area contributed by atoms with Crippen LogP contribution in [0.25, 0.3) is 0 Å². The molecule has 17 heavy (non-hydrogen) atoms. The maximum atomic E-state index is 11.3. The SMILES string of the molecule is CC(C)(C)c1cc(C=O)c(O)c(S(N)(=O)=O)c1. The number of primary sulfonamides is 1. The standard InChI is InChI=1S/C11H15NO4S/c1-11(2,3)8-4-7(6-13)10(14)9(5-8)17(12,15)16/h4-6,14H,1-3H3,(H2,12,15,16). The summed E-state index contributed by atoms with van der Waals surface area (Å²) in [6.07, 6.45) is 0.402. The Morgan fingerprint density at radius 2 is 1.82 bits per heavy atom. The van der Waals surface area contributed by atoms with Gasteiger partial charge in [-0.05, 0) is 23.1 Å². The van der Waals surface area contributed by atoms with Gasteiger partial charge in [-0.2, -0.15) is 0 Å². The Hall–Kier alpha value is -1.40. The number of carbonyl (C=O) groups excluding carboxylic acids is 1. The molecule has 0 aliphatic carbocycles. The second kappa shape index (κ2) is 4.12. The first-order valence-electron chi connectivity index (χ1n) is 4.93. The van der Waals surface area contributed by atoms with Crippen molar-refractivity contribution in [2.45, 2.75) is 31.1 Å². The van der Waals surface area contributed by atoms with E-state index in [1.165, 1.54) is 12.1 Å². The van der Waals surface area contributed by atoms with Gasteiger partial charge in [-0.1, -0.05) is 20.8 Å². The van der Waals surface area contributed by atoms with E-state index in [4.69, 9.17) is 5.14 Å². The number of aldehydes is 1. The summed E-state index contributed by atoms with van der Waals surface area (Å²) >= 11 is 0. The molecule has 0 aromatic heterocycles. The van der Waals surface area contributed by atoms with Crippen molar-refractivity contribution in [1.82, 2.24) is 0 Å². The normalized spacial score (nSPS) is 12.5. The zero-order valence-corrected chi connectivity index (χ0v) is 10.7. The van der Waals surface area contributed by atoms with Crippen molar-refractivity contribution in [2.24, 2.45) is 5.14 Å². The molecule has 0 saturated carbocycles. The second-order valence-corrected chi connectivity index (χ2v) is 6.35. The molecule has 3 N–H and O–H groups in total. The predicted octanol–water partition coefficient (Wildman–Crippen LogP) is 1.15. The van der Waals surface area contributed by atoms with Crippen LogP contribution in [0.2, 0.25) is 0 Å². The third kappa shape index (κ3) is 2.83. The van der Waals surface area contributed by atoms with E-state index < -0.39 is 20.7 Å². The van der Waals surface area contributed by atoms with Crippen LogP contribution in [-0.2, 0) is 15.4 Å². The number of rotatable bonds is 2. The molecule has 0 saturated heterocycles. The van der Waals surface area contributed by atoms with Crippen molar-refractivity contribution in [3.05, 3.63) is 23.3 Å². The van der Waals surface area contributed by atoms with Crippen LogP contribution in [0.4, 0.5) is 0 Å². The molecule has 6 heteroatoms. The number of hydrogen-bond donors (Lipinski definition) is 2. The fourth-order valence-electron chi connectivity index (χ4n) is 1.37. The summed E-state index contributed by atoms with van der Waals surface area (Å²) in [5, 5.41) is 14.6.